The summed E-state index contributed by atoms with van der Waals surface area (Å²) in [7, 11) is 0. The van der Waals surface area contributed by atoms with Gasteiger partial charge in [0, 0.05) is 20.9 Å². The van der Waals surface area contributed by atoms with E-state index < -0.39 is 11.7 Å². The summed E-state index contributed by atoms with van der Waals surface area (Å²) in [5.41, 5.74) is 5.15. The second-order valence-corrected chi connectivity index (χ2v) is 6.94. The molecule has 0 bridgehead atoms. The molecule has 2 unspecified atom stereocenters. The largest absolute Gasteiger partial charge is 0.375 e. The van der Waals surface area contributed by atoms with Crippen molar-refractivity contribution >= 4 is 0 Å². The molecule has 4 rings (SSSR count). The minimum atomic E-state index is -0.795. The summed E-state index contributed by atoms with van der Waals surface area (Å²) in [6.07, 6.45) is 14.1. The summed E-state index contributed by atoms with van der Waals surface area (Å²) in [4.78, 5) is 0. The summed E-state index contributed by atoms with van der Waals surface area (Å²) >= 11 is 0. The lowest BCUT2D eigenvalue weighted by molar-refractivity contribution is 0.0294. The van der Waals surface area contributed by atoms with Crippen LogP contribution in [0.25, 0.3) is 0 Å². The van der Waals surface area contributed by atoms with Crippen molar-refractivity contribution in [2.24, 2.45) is 5.92 Å². The van der Waals surface area contributed by atoms with Gasteiger partial charge in [-0.3, -0.25) is 0 Å². The molecule has 5 heteroatoms. The van der Waals surface area contributed by atoms with Gasteiger partial charge < -0.3 is 14.8 Å². The Morgan fingerprint density at radius 1 is 1.37 bits per heavy atom. The maximum Gasteiger partial charge on any atom is 0.122 e. The second kappa shape index (κ2) is 8.18. The molecule has 0 aromatic carbocycles. The van der Waals surface area contributed by atoms with Crippen molar-refractivity contribution in [3.63, 3.8) is 0 Å². The molecule has 0 aromatic rings. The number of nitrogens with zero attached hydrogens (tertiary/aromatic N) is 1. The zero-order valence-electron chi connectivity index (χ0n) is 15.1. The Hall–Kier alpha value is -2.26. The Morgan fingerprint density at radius 3 is 3.00 bits per heavy atom. The van der Waals surface area contributed by atoms with E-state index in [1.165, 1.54) is 11.6 Å². The molecule has 1 N–H and O–H groups in total. The van der Waals surface area contributed by atoms with Crippen molar-refractivity contribution in [1.82, 2.24) is 5.32 Å². The van der Waals surface area contributed by atoms with E-state index in [4.69, 9.17) is 14.7 Å². The number of ether oxygens (including phenoxy) is 2. The summed E-state index contributed by atoms with van der Waals surface area (Å²) < 4.78 is 25.7. The summed E-state index contributed by atoms with van der Waals surface area (Å²) in [5.74, 6) is -1.21. The third-order valence-corrected chi connectivity index (χ3v) is 5.14. The number of nitriles is 1. The second-order valence-electron chi connectivity index (χ2n) is 6.94. The van der Waals surface area contributed by atoms with Crippen LogP contribution in [-0.2, 0) is 9.47 Å². The number of allylic oxidation sites excluding steroid dienone is 8. The van der Waals surface area contributed by atoms with E-state index in [2.05, 4.69) is 17.8 Å². The zero-order chi connectivity index (χ0) is 18.6. The average molecular weight is 367 g/mol. The molecule has 0 spiro atoms. The van der Waals surface area contributed by atoms with Crippen LogP contribution < -0.4 is 5.32 Å². The van der Waals surface area contributed by atoms with Crippen LogP contribution >= 0.6 is 0 Å². The fourth-order valence-electron chi connectivity index (χ4n) is 3.80. The van der Waals surface area contributed by atoms with Crippen LogP contribution in [0, 0.1) is 23.7 Å². The predicted molar refractivity (Wildman–Crippen MR) is 103 cm³/mol. The lowest BCUT2D eigenvalue weighted by Crippen LogP contribution is -2.38. The molecule has 2 aliphatic carbocycles. The molecular weight excluding hydrogens is 343 g/mol. The number of morpholine rings is 1. The molecule has 2 aliphatic heterocycles. The van der Waals surface area contributed by atoms with Gasteiger partial charge in [-0.2, -0.15) is 5.26 Å². The van der Waals surface area contributed by atoms with E-state index in [9.17, 15) is 4.39 Å². The van der Waals surface area contributed by atoms with E-state index in [1.54, 1.807) is 6.08 Å². The molecule has 141 valence electrons. The first-order valence-electron chi connectivity index (χ1n) is 9.30. The van der Waals surface area contributed by atoms with Crippen molar-refractivity contribution in [3.8, 4) is 6.07 Å². The maximum atomic E-state index is 14.3. The summed E-state index contributed by atoms with van der Waals surface area (Å²) in [6.45, 7) is 3.58. The third-order valence-electron chi connectivity index (χ3n) is 5.14. The molecule has 4 aliphatic rings. The minimum absolute atomic E-state index is 0. The highest BCUT2D eigenvalue weighted by Gasteiger charge is 2.26. The topological polar surface area (TPSA) is 54.3 Å². The average Bonchev–Trinajstić information content (AvgIpc) is 3.23. The number of hydrogen-bond acceptors (Lipinski definition) is 4. The van der Waals surface area contributed by atoms with E-state index >= 15 is 0 Å². The van der Waals surface area contributed by atoms with Crippen LogP contribution in [0.15, 0.2) is 70.1 Å². The Balaban J connectivity index is 0.00000225. The fraction of sp³-hybridized carbons (Fsp3) is 0.364. The summed E-state index contributed by atoms with van der Waals surface area (Å²) in [6, 6.07) is 1.96. The van der Waals surface area contributed by atoms with Crippen molar-refractivity contribution in [2.75, 3.05) is 32.9 Å². The van der Waals surface area contributed by atoms with Crippen molar-refractivity contribution in [1.29, 1.82) is 5.26 Å². The highest BCUT2D eigenvalue weighted by Crippen LogP contribution is 2.38. The van der Waals surface area contributed by atoms with Crippen LogP contribution in [-0.4, -0.2) is 39.0 Å². The Bertz CT molecular complexity index is 839. The van der Waals surface area contributed by atoms with Crippen molar-refractivity contribution in [3.05, 3.63) is 76.6 Å². The van der Waals surface area contributed by atoms with E-state index in [0.717, 1.165) is 48.4 Å². The molecule has 4 nitrogen and oxygen atoms in total. The van der Waals surface area contributed by atoms with Gasteiger partial charge in [-0.25, -0.2) is 4.39 Å². The molecular formula is C22H24FN2O2. The summed E-state index contributed by atoms with van der Waals surface area (Å²) in [5, 5.41) is 12.4. The quantitative estimate of drug-likeness (QED) is 0.830. The van der Waals surface area contributed by atoms with E-state index in [-0.39, 0.29) is 7.53 Å². The van der Waals surface area contributed by atoms with Gasteiger partial charge >= 0.3 is 0 Å². The lowest BCUT2D eigenvalue weighted by atomic mass is 9.81. The lowest BCUT2D eigenvalue weighted by Gasteiger charge is -2.28. The van der Waals surface area contributed by atoms with Gasteiger partial charge in [0.15, 0.2) is 0 Å². The molecule has 27 heavy (non-hydrogen) atoms. The Kier molecular flexibility index (Phi) is 5.49. The number of hydrogen-bond donors (Lipinski definition) is 1. The van der Waals surface area contributed by atoms with Gasteiger partial charge in [-0.05, 0) is 34.8 Å². The van der Waals surface area contributed by atoms with Gasteiger partial charge in [0.1, 0.15) is 11.7 Å². The molecule has 0 aromatic heterocycles. The van der Waals surface area contributed by atoms with Crippen molar-refractivity contribution in [2.45, 2.75) is 12.5 Å². The van der Waals surface area contributed by atoms with E-state index in [0.29, 0.717) is 13.2 Å². The molecule has 2 atom stereocenters. The van der Waals surface area contributed by atoms with Gasteiger partial charge in [0.05, 0.1) is 32.0 Å². The molecule has 1 radical (unpaired) electrons. The van der Waals surface area contributed by atoms with Gasteiger partial charge in [0.2, 0.25) is 0 Å². The van der Waals surface area contributed by atoms with Crippen molar-refractivity contribution < 1.29 is 15.3 Å². The third kappa shape index (κ3) is 3.89. The predicted octanol–water partition coefficient (Wildman–Crippen LogP) is 3.50. The van der Waals surface area contributed by atoms with Gasteiger partial charge in [-0.1, -0.05) is 36.0 Å². The number of halogens is 1. The van der Waals surface area contributed by atoms with Crippen LogP contribution in [0.4, 0.5) is 4.39 Å². The normalized spacial score (nSPS) is 31.0. The van der Waals surface area contributed by atoms with Crippen LogP contribution in [0.3, 0.4) is 0 Å². The standard InChI is InChI=1S/C22H22FN2O2.H2/c23-21-11-15(4-5-17(21)12-24)20-3-1-2-16(10-19-13-25-7-9-27-19)22(20)18-6-8-26-14-18;/h1-6,11,17,19,25H,7-10,13-14H2;1H/b20-15+;. The Morgan fingerprint density at radius 2 is 2.30 bits per heavy atom. The van der Waals surface area contributed by atoms with Gasteiger partial charge in [-0.15, -0.1) is 0 Å². The first kappa shape index (κ1) is 18.1. The Labute approximate surface area is 160 Å². The van der Waals surface area contributed by atoms with E-state index in [1.807, 2.05) is 24.3 Å². The maximum absolute atomic E-state index is 14.3. The minimum Gasteiger partial charge on any atom is -0.375 e. The number of nitrogens with one attached hydrogen (secondary N) is 1. The first-order valence-corrected chi connectivity index (χ1v) is 9.30. The van der Waals surface area contributed by atoms with Crippen LogP contribution in [0.1, 0.15) is 7.85 Å². The highest BCUT2D eigenvalue weighted by molar-refractivity contribution is 5.66. The zero-order valence-corrected chi connectivity index (χ0v) is 15.1. The van der Waals surface area contributed by atoms with Gasteiger partial charge in [0.25, 0.3) is 0 Å². The molecule has 0 amide bonds. The first-order chi connectivity index (χ1) is 13.3. The molecule has 1 saturated heterocycles. The number of rotatable bonds is 3. The molecule has 0 saturated carbocycles. The SMILES string of the molecule is N#CC1C=C/C(=C2/C=C[CH]C(CC3CNCCO3)=C2C2=CCOC2)C=C1F.[HH]. The molecule has 1 fully saturated rings. The molecule has 2 heterocycles. The fourth-order valence-corrected chi connectivity index (χ4v) is 3.80. The monoisotopic (exact) mass is 367 g/mol. The van der Waals surface area contributed by atoms with Crippen LogP contribution in [0.2, 0.25) is 0 Å². The van der Waals surface area contributed by atoms with Crippen LogP contribution in [0.5, 0.6) is 0 Å². The highest BCUT2D eigenvalue weighted by atomic mass is 19.1. The smallest absolute Gasteiger partial charge is 0.122 e.